The first-order valence-corrected chi connectivity index (χ1v) is 11.4. The number of sulfonamides is 1. The minimum atomic E-state index is -3.45. The number of hydrogen-bond acceptors (Lipinski definition) is 4. The van der Waals surface area contributed by atoms with Crippen LogP contribution in [0.4, 0.5) is 0 Å². The summed E-state index contributed by atoms with van der Waals surface area (Å²) in [7, 11) is -3.45. The Balaban J connectivity index is 1.55. The van der Waals surface area contributed by atoms with Crippen LogP contribution in [0, 0.1) is 6.92 Å². The fraction of sp³-hybridized carbons (Fsp3) is 0.650. The van der Waals surface area contributed by atoms with Crippen molar-refractivity contribution in [1.82, 2.24) is 14.1 Å². The first-order valence-electron chi connectivity index (χ1n) is 10.0. The van der Waals surface area contributed by atoms with Crippen LogP contribution in [0.1, 0.15) is 38.2 Å². The summed E-state index contributed by atoms with van der Waals surface area (Å²) in [4.78, 5) is 17.2. The van der Waals surface area contributed by atoms with Crippen LogP contribution in [0.2, 0.25) is 0 Å². The van der Waals surface area contributed by atoms with Crippen molar-refractivity contribution in [2.75, 3.05) is 39.3 Å². The van der Waals surface area contributed by atoms with Crippen LogP contribution in [0.3, 0.4) is 0 Å². The Bertz CT molecular complexity index is 740. The van der Waals surface area contributed by atoms with Crippen molar-refractivity contribution in [3.8, 4) is 0 Å². The van der Waals surface area contributed by atoms with Crippen molar-refractivity contribution in [3.63, 3.8) is 0 Å². The monoisotopic (exact) mass is 393 g/mol. The van der Waals surface area contributed by atoms with Crippen molar-refractivity contribution in [3.05, 3.63) is 29.8 Å². The second-order valence-electron chi connectivity index (χ2n) is 7.64. The van der Waals surface area contributed by atoms with Crippen LogP contribution in [-0.2, 0) is 14.8 Å². The number of nitrogens with zero attached hydrogens (tertiary/aromatic N) is 3. The van der Waals surface area contributed by atoms with Gasteiger partial charge in [0.25, 0.3) is 0 Å². The molecule has 1 amide bonds. The van der Waals surface area contributed by atoms with Gasteiger partial charge in [0, 0.05) is 38.8 Å². The van der Waals surface area contributed by atoms with E-state index in [2.05, 4.69) is 11.8 Å². The quantitative estimate of drug-likeness (QED) is 0.769. The predicted molar refractivity (Wildman–Crippen MR) is 106 cm³/mol. The molecule has 2 saturated heterocycles. The Kier molecular flexibility index (Phi) is 6.55. The number of rotatable bonds is 5. The van der Waals surface area contributed by atoms with Gasteiger partial charge in [-0.25, -0.2) is 8.42 Å². The SMILES string of the molecule is CC[C@@H]1CCCCN1C(=O)CN1CCN(S(=O)(=O)c2ccc(C)cc2)CC1. The Morgan fingerprint density at radius 2 is 1.70 bits per heavy atom. The molecule has 1 aromatic rings. The molecule has 0 radical (unpaired) electrons. The highest BCUT2D eigenvalue weighted by Gasteiger charge is 2.31. The van der Waals surface area contributed by atoms with Crippen LogP contribution in [0.5, 0.6) is 0 Å². The lowest BCUT2D eigenvalue weighted by Crippen LogP contribution is -2.53. The minimum absolute atomic E-state index is 0.191. The molecule has 2 heterocycles. The predicted octanol–water partition coefficient (Wildman–Crippen LogP) is 2.09. The Hall–Kier alpha value is -1.44. The number of amides is 1. The van der Waals surface area contributed by atoms with Gasteiger partial charge in [-0.1, -0.05) is 24.6 Å². The van der Waals surface area contributed by atoms with Crippen LogP contribution in [-0.4, -0.2) is 73.7 Å². The topological polar surface area (TPSA) is 60.9 Å². The van der Waals surface area contributed by atoms with Crippen molar-refractivity contribution in [2.45, 2.75) is 50.5 Å². The van der Waals surface area contributed by atoms with Gasteiger partial charge in [-0.15, -0.1) is 0 Å². The molecule has 1 aromatic carbocycles. The lowest BCUT2D eigenvalue weighted by molar-refractivity contribution is -0.136. The van der Waals surface area contributed by atoms with E-state index < -0.39 is 10.0 Å². The Morgan fingerprint density at radius 1 is 1.04 bits per heavy atom. The van der Waals surface area contributed by atoms with Crippen molar-refractivity contribution < 1.29 is 13.2 Å². The molecule has 7 heteroatoms. The summed E-state index contributed by atoms with van der Waals surface area (Å²) in [6.45, 7) is 7.40. The molecular formula is C20H31N3O3S. The van der Waals surface area contributed by atoms with Gasteiger partial charge in [0.1, 0.15) is 0 Å². The van der Waals surface area contributed by atoms with Crippen LogP contribution >= 0.6 is 0 Å². The summed E-state index contributed by atoms with van der Waals surface area (Å²) in [5.74, 6) is 0.191. The summed E-state index contributed by atoms with van der Waals surface area (Å²) in [6.07, 6.45) is 4.40. The maximum absolute atomic E-state index is 12.8. The molecule has 2 aliphatic heterocycles. The zero-order valence-electron chi connectivity index (χ0n) is 16.4. The van der Waals surface area contributed by atoms with Gasteiger partial charge >= 0.3 is 0 Å². The third-order valence-corrected chi connectivity index (χ3v) is 7.68. The molecule has 2 aliphatic rings. The normalized spacial score (nSPS) is 22.7. The number of carbonyl (C=O) groups is 1. The third kappa shape index (κ3) is 4.70. The summed E-state index contributed by atoms with van der Waals surface area (Å²) in [5.41, 5.74) is 1.04. The number of piperidine rings is 1. The smallest absolute Gasteiger partial charge is 0.243 e. The Labute approximate surface area is 163 Å². The fourth-order valence-electron chi connectivity index (χ4n) is 4.02. The average Bonchev–Trinajstić information content (AvgIpc) is 2.68. The summed E-state index contributed by atoms with van der Waals surface area (Å²) in [5, 5.41) is 0. The first kappa shape index (κ1) is 20.3. The van der Waals surface area contributed by atoms with E-state index in [1.165, 1.54) is 10.7 Å². The highest BCUT2D eigenvalue weighted by Crippen LogP contribution is 2.21. The molecular weight excluding hydrogens is 362 g/mol. The van der Waals surface area contributed by atoms with Gasteiger partial charge in [-0.2, -0.15) is 4.31 Å². The molecule has 0 bridgehead atoms. The number of hydrogen-bond donors (Lipinski definition) is 0. The second kappa shape index (κ2) is 8.71. The highest BCUT2D eigenvalue weighted by atomic mass is 32.2. The molecule has 2 fully saturated rings. The van der Waals surface area contributed by atoms with Crippen molar-refractivity contribution >= 4 is 15.9 Å². The maximum atomic E-state index is 12.8. The van der Waals surface area contributed by atoms with Crippen molar-refractivity contribution in [1.29, 1.82) is 0 Å². The molecule has 0 spiro atoms. The van der Waals surface area contributed by atoms with Crippen LogP contribution in [0.25, 0.3) is 0 Å². The molecule has 150 valence electrons. The van der Waals surface area contributed by atoms with E-state index in [9.17, 15) is 13.2 Å². The van der Waals surface area contributed by atoms with E-state index in [0.717, 1.165) is 31.4 Å². The molecule has 0 N–H and O–H groups in total. The molecule has 3 rings (SSSR count). The van der Waals surface area contributed by atoms with E-state index in [1.54, 1.807) is 12.1 Å². The molecule has 0 saturated carbocycles. The van der Waals surface area contributed by atoms with Gasteiger partial charge < -0.3 is 4.90 Å². The molecule has 27 heavy (non-hydrogen) atoms. The van der Waals surface area contributed by atoms with Gasteiger partial charge in [0.2, 0.25) is 15.9 Å². The number of carbonyl (C=O) groups excluding carboxylic acids is 1. The fourth-order valence-corrected chi connectivity index (χ4v) is 5.44. The number of aryl methyl sites for hydroxylation is 1. The molecule has 0 aliphatic carbocycles. The highest BCUT2D eigenvalue weighted by molar-refractivity contribution is 7.89. The number of benzene rings is 1. The van der Waals surface area contributed by atoms with E-state index in [-0.39, 0.29) is 5.91 Å². The summed E-state index contributed by atoms with van der Waals surface area (Å²) >= 11 is 0. The lowest BCUT2D eigenvalue weighted by atomic mass is 10.00. The maximum Gasteiger partial charge on any atom is 0.243 e. The largest absolute Gasteiger partial charge is 0.339 e. The molecule has 0 aromatic heterocycles. The molecule has 6 nitrogen and oxygen atoms in total. The zero-order valence-corrected chi connectivity index (χ0v) is 17.2. The molecule has 1 atom stereocenters. The Morgan fingerprint density at radius 3 is 2.33 bits per heavy atom. The van der Waals surface area contributed by atoms with E-state index in [1.807, 2.05) is 24.0 Å². The minimum Gasteiger partial charge on any atom is -0.339 e. The second-order valence-corrected chi connectivity index (χ2v) is 9.58. The zero-order chi connectivity index (χ0) is 19.4. The van der Waals surface area contributed by atoms with E-state index in [4.69, 9.17) is 0 Å². The van der Waals surface area contributed by atoms with Gasteiger partial charge in [0.05, 0.1) is 11.4 Å². The average molecular weight is 394 g/mol. The van der Waals surface area contributed by atoms with Crippen LogP contribution in [0.15, 0.2) is 29.2 Å². The van der Waals surface area contributed by atoms with E-state index in [0.29, 0.717) is 43.7 Å². The van der Waals surface area contributed by atoms with Gasteiger partial charge in [-0.3, -0.25) is 9.69 Å². The summed E-state index contributed by atoms with van der Waals surface area (Å²) < 4.78 is 27.1. The van der Waals surface area contributed by atoms with Crippen LogP contribution < -0.4 is 0 Å². The molecule has 0 unspecified atom stereocenters. The van der Waals surface area contributed by atoms with Gasteiger partial charge in [-0.05, 0) is 44.7 Å². The lowest BCUT2D eigenvalue weighted by Gasteiger charge is -2.38. The summed E-state index contributed by atoms with van der Waals surface area (Å²) in [6, 6.07) is 7.35. The van der Waals surface area contributed by atoms with E-state index >= 15 is 0 Å². The third-order valence-electron chi connectivity index (χ3n) is 5.77. The number of likely N-dealkylation sites (tertiary alicyclic amines) is 1. The van der Waals surface area contributed by atoms with Gasteiger partial charge in [0.15, 0.2) is 0 Å². The standard InChI is InChI=1S/C20H31N3O3S/c1-3-18-6-4-5-11-23(18)20(24)16-21-12-14-22(15-13-21)27(25,26)19-9-7-17(2)8-10-19/h7-10,18H,3-6,11-16H2,1-2H3/t18-/m1/s1. The number of piperazine rings is 1. The van der Waals surface area contributed by atoms with Crippen molar-refractivity contribution in [2.24, 2.45) is 0 Å². The first-order chi connectivity index (χ1) is 12.9.